The molecule has 2 spiro atoms. The average molecular weight is 1670 g/mol. The molecule has 5 saturated carbocycles. The number of nitrogens with one attached hydrogen (secondary N) is 3. The molecule has 10 heterocycles. The summed E-state index contributed by atoms with van der Waals surface area (Å²) in [7, 11) is -4.37. The Labute approximate surface area is 653 Å². The Bertz CT molecular complexity index is 5640. The lowest BCUT2D eigenvalue weighted by atomic mass is 9.76. The highest BCUT2D eigenvalue weighted by Crippen LogP contribution is 2.69. The largest absolute Gasteiger partial charge is 0.503 e. The summed E-state index contributed by atoms with van der Waals surface area (Å²) in [6, 6.07) is 2.63. The number of carbonyl (C=O) groups excluding carboxylic acids is 6. The van der Waals surface area contributed by atoms with Crippen LogP contribution in [-0.4, -0.2) is 201 Å². The Morgan fingerprint density at radius 1 is 0.538 bits per heavy atom. The number of carbonyl (C=O) groups is 7. The van der Waals surface area contributed by atoms with Gasteiger partial charge in [-0.25, -0.2) is 39.9 Å². The first-order valence-electron chi connectivity index (χ1n) is 37.0. The van der Waals surface area contributed by atoms with Crippen molar-refractivity contribution in [2.45, 2.75) is 203 Å². The molecular formula is C75H71F8N9O24S. The van der Waals surface area contributed by atoms with E-state index in [4.69, 9.17) is 23.7 Å². The normalized spacial score (nSPS) is 28.8. The number of hydrogen-bond donors (Lipinski definition) is 9. The van der Waals surface area contributed by atoms with Gasteiger partial charge in [0.1, 0.15) is 69.9 Å². The van der Waals surface area contributed by atoms with E-state index >= 15 is 0 Å². The second-order valence-corrected chi connectivity index (χ2v) is 32.6. The van der Waals surface area contributed by atoms with Crippen LogP contribution < -0.4 is 41.2 Å². The summed E-state index contributed by atoms with van der Waals surface area (Å²) < 4.78 is 173. The standard InChI is InChI=1S/C29H31F2N3O11.C23H20F3N3O8S.C23H20F3N3O5/c1-11-5-16(30)14(17(31)6-11)8-32-26(39)15-9-33-10-18-34(12-3-2-4-13(7-12)43-18)27(40)19(33)24(20(15)35)44-29-23(38)21(36)22(37)25(45-29)28(41)42;1-38(34,35)37-20-12(25)4-11(24)9(16(20)26)6-27-21(32)10-7-28-8-15-29(22(33)17(28)19(31)18(10)30)13-5-23(13)3-2-14(23)36-15;1-9-12(24)4-13(25)10(17(9)26)6-27-21(32)11-7-28-8-16-29(22(33)18(28)20(31)19(11)30)14-5-23(14)3-2-15(23)34-16/h5-6,9,12-13,18,21-23,25,29,36-38H,2-4,7-8,10H2,1H3,(H,32,39)(H,41,42);4,7,13-15,31H,2-3,5-6,8H2,1H3,(H,27,32);4,7,14-16,31H,2-3,5-6,8H2,1H3,(H,27,32)/t12-,13+,18+,21-,22-,23+,25-,29+;13-,14-,15-,23?;14-,15-,16-,23?/m011/s1. The van der Waals surface area contributed by atoms with Gasteiger partial charge in [0.25, 0.3) is 35.4 Å². The lowest BCUT2D eigenvalue weighted by Gasteiger charge is -2.50. The Morgan fingerprint density at radius 2 is 0.991 bits per heavy atom. The van der Waals surface area contributed by atoms with E-state index < -0.39 is 245 Å². The summed E-state index contributed by atoms with van der Waals surface area (Å²) in [4.78, 5) is 135. The van der Waals surface area contributed by atoms with E-state index in [1.165, 1.54) is 25.5 Å². The Balaban J connectivity index is 0.000000133. The first-order chi connectivity index (χ1) is 55.3. The number of aromatic nitrogens is 3. The van der Waals surface area contributed by atoms with Crippen molar-refractivity contribution < 1.29 is 136 Å². The Hall–Kier alpha value is -10.9. The summed E-state index contributed by atoms with van der Waals surface area (Å²) in [5, 5.41) is 68.1. The third-order valence-corrected chi connectivity index (χ3v) is 24.7. The first kappa shape index (κ1) is 79.9. The van der Waals surface area contributed by atoms with Crippen molar-refractivity contribution in [2.24, 2.45) is 10.8 Å². The number of aliphatic hydroxyl groups is 3. The van der Waals surface area contributed by atoms with Gasteiger partial charge in [0.05, 0.1) is 44.2 Å². The second kappa shape index (κ2) is 29.0. The van der Waals surface area contributed by atoms with Gasteiger partial charge < -0.3 is 103 Å². The summed E-state index contributed by atoms with van der Waals surface area (Å²) in [5.41, 5.74) is -8.12. The van der Waals surface area contributed by atoms with Crippen LogP contribution >= 0.6 is 0 Å². The molecule has 7 aliphatic heterocycles. The van der Waals surface area contributed by atoms with E-state index in [-0.39, 0.29) is 90.0 Å². The number of benzene rings is 3. The predicted octanol–water partition coefficient (Wildman–Crippen LogP) is 2.67. The number of fused-ring (bicyclic) bond motifs is 11. The molecule has 33 nitrogen and oxygen atoms in total. The fourth-order valence-electron chi connectivity index (χ4n) is 17.8. The van der Waals surface area contributed by atoms with Gasteiger partial charge in [0, 0.05) is 102 Å². The molecule has 42 heteroatoms. The van der Waals surface area contributed by atoms with Gasteiger partial charge >= 0.3 is 16.1 Å². The van der Waals surface area contributed by atoms with Crippen LogP contribution in [0.1, 0.15) is 155 Å². The number of ether oxygens (including phenoxy) is 5. The van der Waals surface area contributed by atoms with Gasteiger partial charge in [-0.05, 0) is 95.8 Å². The summed E-state index contributed by atoms with van der Waals surface area (Å²) in [5.74, 6) is -20.7. The fraction of sp³-hybridized carbons (Fsp3) is 0.467. The number of hydrogen-bond acceptors (Lipinski definition) is 23. The number of aliphatic carboxylic acids is 1. The number of nitrogens with zero attached hydrogens (tertiary/aromatic N) is 6. The lowest BCUT2D eigenvalue weighted by molar-refractivity contribution is -0.271. The molecule has 4 saturated heterocycles. The summed E-state index contributed by atoms with van der Waals surface area (Å²) in [6.45, 7) is 0.536. The molecule has 2 bridgehead atoms. The smallest absolute Gasteiger partial charge is 0.335 e. The molecule has 6 aromatic rings. The minimum Gasteiger partial charge on any atom is -0.503 e. The number of carboxylic acid groups (broad SMARTS) is 1. The quantitative estimate of drug-likeness (QED) is 0.0559. The SMILES string of the molecule is CS(=O)(=O)Oc1c(F)cc(F)c(CNC(=O)c2cn3c(c(O)c2=O)C(=O)N2[C@@H](C3)O[C@@H]3CCC34C[C@@H]24)c1F.Cc1c(F)cc(F)c(CNC(=O)c2cn3c(c(O)c2=O)C(=O)N2[C@@H](C3)O[C@@H]3CCC34C[C@@H]24)c1F.Cc1cc(F)c(CNC(=O)c2cn3c(c(O[C@@H]4O[C@H](C(=O)O)[C@@H](O)[C@H](O)[C@H]4O)c2=O)C(=O)N2[C@H]4CCC[C@H](C4)O[C@@H]2C3)c(F)c1. The maximum Gasteiger partial charge on any atom is 0.335 e. The zero-order chi connectivity index (χ0) is 83.7. The predicted molar refractivity (Wildman–Crippen MR) is 375 cm³/mol. The van der Waals surface area contributed by atoms with Crippen molar-refractivity contribution in [3.05, 3.63) is 182 Å². The van der Waals surface area contributed by atoms with Gasteiger partial charge in [-0.1, -0.05) is 0 Å². The Morgan fingerprint density at radius 3 is 1.48 bits per heavy atom. The highest BCUT2D eigenvalue weighted by molar-refractivity contribution is 7.86. The third kappa shape index (κ3) is 13.4. The lowest BCUT2D eigenvalue weighted by Crippen LogP contribution is -2.62. The topological polar surface area (TPSA) is 442 Å². The maximum atomic E-state index is 14.7. The molecule has 6 amide bonds. The molecule has 622 valence electrons. The van der Waals surface area contributed by atoms with E-state index in [2.05, 4.69) is 20.1 Å². The number of aryl methyl sites for hydroxylation is 1. The second-order valence-electron chi connectivity index (χ2n) is 31.1. The van der Waals surface area contributed by atoms with E-state index in [1.807, 2.05) is 0 Å². The molecule has 3 aromatic carbocycles. The number of rotatable bonds is 14. The molecule has 5 aliphatic carbocycles. The van der Waals surface area contributed by atoms with Gasteiger partial charge in [-0.15, -0.1) is 0 Å². The molecule has 12 aliphatic rings. The van der Waals surface area contributed by atoms with Crippen LogP contribution in [0.2, 0.25) is 0 Å². The molecule has 0 radical (unpaired) electrons. The van der Waals surface area contributed by atoms with Crippen molar-refractivity contribution in [1.29, 1.82) is 0 Å². The Kier molecular flexibility index (Phi) is 19.8. The van der Waals surface area contributed by atoms with Crippen LogP contribution in [-0.2, 0) is 73.1 Å². The zero-order valence-corrected chi connectivity index (χ0v) is 62.4. The zero-order valence-electron chi connectivity index (χ0n) is 61.6. The highest BCUT2D eigenvalue weighted by Gasteiger charge is 2.74. The van der Waals surface area contributed by atoms with E-state index in [1.54, 1.807) is 9.80 Å². The number of carboxylic acids is 1. The molecule has 9 N–H and O–H groups in total. The highest BCUT2D eigenvalue weighted by atomic mass is 32.2. The van der Waals surface area contributed by atoms with Crippen molar-refractivity contribution in [3.8, 4) is 23.0 Å². The van der Waals surface area contributed by atoms with Crippen LogP contribution in [0.3, 0.4) is 0 Å². The first-order valence-corrected chi connectivity index (χ1v) is 38.8. The molecule has 16 atom stereocenters. The monoisotopic (exact) mass is 1670 g/mol. The van der Waals surface area contributed by atoms with Crippen molar-refractivity contribution in [3.63, 3.8) is 0 Å². The minimum atomic E-state index is -4.37. The van der Waals surface area contributed by atoms with Gasteiger partial charge in [0.15, 0.2) is 70.8 Å². The number of halogens is 8. The molecular weight excluding hydrogens is 1590 g/mol. The van der Waals surface area contributed by atoms with E-state index in [0.29, 0.717) is 30.7 Å². The maximum absolute atomic E-state index is 14.7. The van der Waals surface area contributed by atoms with Gasteiger partial charge in [-0.3, -0.25) is 43.2 Å². The number of amides is 6. The number of aliphatic hydroxyl groups excluding tert-OH is 3. The van der Waals surface area contributed by atoms with E-state index in [0.717, 1.165) is 89.0 Å². The van der Waals surface area contributed by atoms with Crippen LogP contribution in [0.25, 0.3) is 0 Å². The van der Waals surface area contributed by atoms with Crippen molar-refractivity contribution in [1.82, 2.24) is 44.4 Å². The minimum absolute atomic E-state index is 0.00662. The third-order valence-electron chi connectivity index (χ3n) is 24.2. The molecule has 18 rings (SSSR count). The van der Waals surface area contributed by atoms with Gasteiger partial charge in [0.2, 0.25) is 28.3 Å². The fourth-order valence-corrected chi connectivity index (χ4v) is 18.2. The van der Waals surface area contributed by atoms with E-state index in [9.17, 15) is 122 Å². The summed E-state index contributed by atoms with van der Waals surface area (Å²) >= 11 is 0. The van der Waals surface area contributed by atoms with Crippen LogP contribution in [0.15, 0.2) is 57.2 Å². The van der Waals surface area contributed by atoms with Gasteiger partial charge in [-0.2, -0.15) is 8.42 Å². The summed E-state index contributed by atoms with van der Waals surface area (Å²) in [6.07, 6.45) is -0.316. The number of pyridine rings is 3. The van der Waals surface area contributed by atoms with Crippen molar-refractivity contribution in [2.75, 3.05) is 6.26 Å². The molecule has 2 unspecified atom stereocenters. The van der Waals surface area contributed by atoms with Crippen LogP contribution in [0.4, 0.5) is 35.1 Å². The molecule has 117 heavy (non-hydrogen) atoms. The number of aromatic hydroxyl groups is 2. The molecule has 3 aromatic heterocycles. The van der Waals surface area contributed by atoms with Crippen LogP contribution in [0, 0.1) is 71.2 Å². The average Bonchev–Trinajstić information content (AvgIpc) is 1.51. The van der Waals surface area contributed by atoms with Crippen molar-refractivity contribution >= 4 is 51.5 Å². The molecule has 9 fully saturated rings. The van der Waals surface area contributed by atoms with Crippen LogP contribution in [0.5, 0.6) is 23.0 Å².